The Balaban J connectivity index is 2.00. The Bertz CT molecular complexity index is 969. The number of hydrogen-bond acceptors (Lipinski definition) is 4. The number of amides is 1. The highest BCUT2D eigenvalue weighted by molar-refractivity contribution is 5.94. The number of aromatic nitrogens is 4. The van der Waals surface area contributed by atoms with E-state index in [4.69, 9.17) is 0 Å². The van der Waals surface area contributed by atoms with Crippen LogP contribution in [0.3, 0.4) is 0 Å². The van der Waals surface area contributed by atoms with Crippen LogP contribution in [0.1, 0.15) is 30.9 Å². The summed E-state index contributed by atoms with van der Waals surface area (Å²) in [5, 5.41) is 2.93. The normalized spacial score (nSPS) is 11.2. The lowest BCUT2D eigenvalue weighted by molar-refractivity contribution is -0.121. The summed E-state index contributed by atoms with van der Waals surface area (Å²) in [7, 11) is 0. The summed E-state index contributed by atoms with van der Waals surface area (Å²) in [6.07, 6.45) is 0. The monoisotopic (exact) mass is 339 g/mol. The first-order valence-corrected chi connectivity index (χ1v) is 8.18. The molecule has 1 aromatic carbocycles. The van der Waals surface area contributed by atoms with Gasteiger partial charge < -0.3 is 4.90 Å². The number of H-pyrrole nitrogens is 1. The highest BCUT2D eigenvalue weighted by atomic mass is 16.2. The van der Waals surface area contributed by atoms with Gasteiger partial charge in [0.25, 0.3) is 11.3 Å². The standard InChI is InChI=1S/C18H21N5O2/c1-11(2)17(25)22(14-7-5-12(3)6-8-14)10-15-20-18-19-13(4)9-16(24)23(18)21-15/h5-9,11H,10H2,1-4H3,(H,19,20,21). The Morgan fingerprint density at radius 2 is 1.88 bits per heavy atom. The second kappa shape index (κ2) is 6.51. The first kappa shape index (κ1) is 16.9. The van der Waals surface area contributed by atoms with E-state index in [0.29, 0.717) is 17.3 Å². The van der Waals surface area contributed by atoms with Crippen molar-refractivity contribution in [2.24, 2.45) is 5.92 Å². The molecule has 3 aromatic rings. The SMILES string of the molecule is Cc1ccc(N(Cc2nc3nc(C)cc(=O)n3[nH]2)C(=O)C(C)C)cc1. The Morgan fingerprint density at radius 1 is 1.20 bits per heavy atom. The van der Waals surface area contributed by atoms with Crippen molar-refractivity contribution in [1.29, 1.82) is 0 Å². The van der Waals surface area contributed by atoms with E-state index < -0.39 is 0 Å². The number of hydrogen-bond donors (Lipinski definition) is 1. The molecule has 2 heterocycles. The van der Waals surface area contributed by atoms with Gasteiger partial charge >= 0.3 is 0 Å². The molecule has 1 amide bonds. The Labute approximate surface area is 145 Å². The largest absolute Gasteiger partial charge is 0.305 e. The van der Waals surface area contributed by atoms with Gasteiger partial charge in [0, 0.05) is 23.4 Å². The number of fused-ring (bicyclic) bond motifs is 1. The van der Waals surface area contributed by atoms with E-state index in [1.807, 2.05) is 45.0 Å². The molecule has 7 nitrogen and oxygen atoms in total. The minimum atomic E-state index is -0.224. The number of rotatable bonds is 4. The van der Waals surface area contributed by atoms with Crippen molar-refractivity contribution in [1.82, 2.24) is 19.6 Å². The van der Waals surface area contributed by atoms with Gasteiger partial charge in [-0.05, 0) is 26.0 Å². The van der Waals surface area contributed by atoms with Crippen LogP contribution in [0.5, 0.6) is 0 Å². The smallest absolute Gasteiger partial charge is 0.274 e. The molecule has 0 aliphatic rings. The molecular weight excluding hydrogens is 318 g/mol. The predicted molar refractivity (Wildman–Crippen MR) is 95.6 cm³/mol. The second-order valence-corrected chi connectivity index (χ2v) is 6.46. The minimum absolute atomic E-state index is 0.0132. The molecular formula is C18H21N5O2. The molecule has 0 unspecified atom stereocenters. The number of carbonyl (C=O) groups excluding carboxylic acids is 1. The zero-order valence-corrected chi connectivity index (χ0v) is 14.8. The molecule has 3 rings (SSSR count). The molecule has 0 atom stereocenters. The maximum atomic E-state index is 12.7. The molecule has 0 saturated heterocycles. The Hall–Kier alpha value is -2.96. The van der Waals surface area contributed by atoms with Crippen molar-refractivity contribution in [3.05, 3.63) is 57.8 Å². The van der Waals surface area contributed by atoms with Crippen LogP contribution >= 0.6 is 0 Å². The zero-order chi connectivity index (χ0) is 18.1. The van der Waals surface area contributed by atoms with E-state index >= 15 is 0 Å². The fourth-order valence-corrected chi connectivity index (χ4v) is 2.59. The maximum Gasteiger partial charge on any atom is 0.274 e. The topological polar surface area (TPSA) is 83.4 Å². The number of anilines is 1. The zero-order valence-electron chi connectivity index (χ0n) is 14.8. The molecule has 0 aliphatic heterocycles. The molecule has 0 aliphatic carbocycles. The quantitative estimate of drug-likeness (QED) is 0.790. The van der Waals surface area contributed by atoms with E-state index in [0.717, 1.165) is 11.3 Å². The summed E-state index contributed by atoms with van der Waals surface area (Å²) in [5.41, 5.74) is 2.30. The highest BCUT2D eigenvalue weighted by Crippen LogP contribution is 2.19. The van der Waals surface area contributed by atoms with Crippen LogP contribution in [0.2, 0.25) is 0 Å². The fourth-order valence-electron chi connectivity index (χ4n) is 2.59. The van der Waals surface area contributed by atoms with Gasteiger partial charge in [-0.3, -0.25) is 14.7 Å². The van der Waals surface area contributed by atoms with Crippen molar-refractivity contribution < 1.29 is 4.79 Å². The van der Waals surface area contributed by atoms with Gasteiger partial charge in [-0.15, -0.1) is 0 Å². The lowest BCUT2D eigenvalue weighted by atomic mass is 10.1. The van der Waals surface area contributed by atoms with Crippen LogP contribution in [-0.4, -0.2) is 25.5 Å². The van der Waals surface area contributed by atoms with Gasteiger partial charge in [0.1, 0.15) is 5.82 Å². The maximum absolute atomic E-state index is 12.7. The molecule has 0 saturated carbocycles. The molecule has 0 spiro atoms. The number of aromatic amines is 1. The Morgan fingerprint density at radius 3 is 2.52 bits per heavy atom. The van der Waals surface area contributed by atoms with Gasteiger partial charge in [-0.2, -0.15) is 9.50 Å². The van der Waals surface area contributed by atoms with Crippen LogP contribution in [0.25, 0.3) is 5.78 Å². The van der Waals surface area contributed by atoms with Crippen molar-refractivity contribution >= 4 is 17.4 Å². The van der Waals surface area contributed by atoms with Crippen LogP contribution < -0.4 is 10.5 Å². The van der Waals surface area contributed by atoms with E-state index in [-0.39, 0.29) is 23.9 Å². The van der Waals surface area contributed by atoms with Crippen molar-refractivity contribution in [3.63, 3.8) is 0 Å². The fraction of sp³-hybridized carbons (Fsp3) is 0.333. The van der Waals surface area contributed by atoms with Crippen LogP contribution in [-0.2, 0) is 11.3 Å². The van der Waals surface area contributed by atoms with E-state index in [2.05, 4.69) is 15.1 Å². The van der Waals surface area contributed by atoms with E-state index in [9.17, 15) is 9.59 Å². The third-order valence-electron chi connectivity index (χ3n) is 3.92. The van der Waals surface area contributed by atoms with E-state index in [1.54, 1.807) is 11.8 Å². The molecule has 130 valence electrons. The average Bonchev–Trinajstić information content (AvgIpc) is 2.95. The van der Waals surface area contributed by atoms with Crippen molar-refractivity contribution in [3.8, 4) is 0 Å². The number of nitrogens with one attached hydrogen (secondary N) is 1. The van der Waals surface area contributed by atoms with E-state index in [1.165, 1.54) is 10.6 Å². The molecule has 0 radical (unpaired) electrons. The Kier molecular flexibility index (Phi) is 4.39. The highest BCUT2D eigenvalue weighted by Gasteiger charge is 2.21. The van der Waals surface area contributed by atoms with Gasteiger partial charge in [-0.1, -0.05) is 31.5 Å². The lowest BCUT2D eigenvalue weighted by Crippen LogP contribution is -2.34. The summed E-state index contributed by atoms with van der Waals surface area (Å²) in [6.45, 7) is 7.70. The molecule has 25 heavy (non-hydrogen) atoms. The minimum Gasteiger partial charge on any atom is -0.305 e. The van der Waals surface area contributed by atoms with Crippen molar-refractivity contribution in [2.45, 2.75) is 34.2 Å². The first-order chi connectivity index (χ1) is 11.8. The summed E-state index contributed by atoms with van der Waals surface area (Å²) in [6, 6.07) is 9.18. The van der Waals surface area contributed by atoms with Crippen LogP contribution in [0, 0.1) is 19.8 Å². The summed E-state index contributed by atoms with van der Waals surface area (Å²) < 4.78 is 1.29. The average molecular weight is 339 g/mol. The summed E-state index contributed by atoms with van der Waals surface area (Å²) in [4.78, 5) is 35.0. The van der Waals surface area contributed by atoms with Gasteiger partial charge in [0.15, 0.2) is 0 Å². The van der Waals surface area contributed by atoms with Crippen LogP contribution in [0.4, 0.5) is 5.69 Å². The summed E-state index contributed by atoms with van der Waals surface area (Å²) in [5.74, 6) is 0.639. The lowest BCUT2D eigenvalue weighted by Gasteiger charge is -2.23. The number of aryl methyl sites for hydroxylation is 2. The molecule has 1 N–H and O–H groups in total. The predicted octanol–water partition coefficient (Wildman–Crippen LogP) is 2.22. The molecule has 0 fully saturated rings. The molecule has 7 heteroatoms. The van der Waals surface area contributed by atoms with Crippen molar-refractivity contribution in [2.75, 3.05) is 4.90 Å². The summed E-state index contributed by atoms with van der Waals surface area (Å²) >= 11 is 0. The number of benzene rings is 1. The molecule has 0 bridgehead atoms. The first-order valence-electron chi connectivity index (χ1n) is 8.18. The van der Waals surface area contributed by atoms with Crippen LogP contribution in [0.15, 0.2) is 35.1 Å². The van der Waals surface area contributed by atoms with Gasteiger partial charge in [0.2, 0.25) is 5.91 Å². The number of carbonyl (C=O) groups is 1. The van der Waals surface area contributed by atoms with Gasteiger partial charge in [-0.25, -0.2) is 4.98 Å². The third kappa shape index (κ3) is 3.45. The number of nitrogens with zero attached hydrogens (tertiary/aromatic N) is 4. The van der Waals surface area contributed by atoms with Gasteiger partial charge in [0.05, 0.1) is 6.54 Å². The third-order valence-corrected chi connectivity index (χ3v) is 3.92. The second-order valence-electron chi connectivity index (χ2n) is 6.46. The molecule has 2 aromatic heterocycles.